The van der Waals surface area contributed by atoms with E-state index in [1.807, 2.05) is 29.2 Å². The minimum absolute atomic E-state index is 0.252. The number of benzene rings is 1. The van der Waals surface area contributed by atoms with Crippen LogP contribution >= 0.6 is 22.6 Å². The third-order valence-electron chi connectivity index (χ3n) is 2.19. The number of rotatable bonds is 1. The fraction of sp³-hybridized carbons (Fsp3) is 0.300. The minimum Gasteiger partial charge on any atom is -0.312 e. The molecule has 0 N–H and O–H groups in total. The monoisotopic (exact) mass is 287 g/mol. The molecule has 1 aliphatic rings. The van der Waals surface area contributed by atoms with Gasteiger partial charge in [-0.05, 0) is 47.2 Å². The topological polar surface area (TPSA) is 20.3 Å². The maximum absolute atomic E-state index is 11.4. The van der Waals surface area contributed by atoms with Crippen LogP contribution in [0.5, 0.6) is 0 Å². The van der Waals surface area contributed by atoms with Crippen LogP contribution in [0, 0.1) is 3.57 Å². The first-order valence-corrected chi connectivity index (χ1v) is 5.41. The van der Waals surface area contributed by atoms with Crippen molar-refractivity contribution in [1.82, 2.24) is 0 Å². The molecule has 0 aromatic heterocycles. The second-order valence-electron chi connectivity index (χ2n) is 3.13. The first kappa shape index (κ1) is 8.99. The molecule has 2 rings (SSSR count). The lowest BCUT2D eigenvalue weighted by Gasteiger charge is -2.15. The van der Waals surface area contributed by atoms with Crippen molar-refractivity contribution in [2.45, 2.75) is 12.8 Å². The molecule has 0 radical (unpaired) electrons. The van der Waals surface area contributed by atoms with Crippen molar-refractivity contribution in [3.05, 3.63) is 27.8 Å². The van der Waals surface area contributed by atoms with Gasteiger partial charge in [-0.15, -0.1) is 0 Å². The Morgan fingerprint density at radius 3 is 2.85 bits per heavy atom. The van der Waals surface area contributed by atoms with Crippen LogP contribution in [0.15, 0.2) is 24.3 Å². The van der Waals surface area contributed by atoms with E-state index in [1.54, 1.807) is 0 Å². The van der Waals surface area contributed by atoms with E-state index in [1.165, 1.54) is 3.57 Å². The standard InChI is InChI=1S/C10H10INO/c11-8-3-1-4-9(7-8)12-6-2-5-10(12)13/h1,3-4,7H,2,5-6H2. The van der Waals surface area contributed by atoms with Crippen LogP contribution in [0.4, 0.5) is 5.69 Å². The third kappa shape index (κ3) is 1.85. The van der Waals surface area contributed by atoms with Crippen molar-refractivity contribution < 1.29 is 4.79 Å². The SMILES string of the molecule is O=C1CCCN1c1cccc(I)c1. The molecule has 1 aliphatic heterocycles. The van der Waals surface area contributed by atoms with E-state index >= 15 is 0 Å². The smallest absolute Gasteiger partial charge is 0.227 e. The summed E-state index contributed by atoms with van der Waals surface area (Å²) in [7, 11) is 0. The Labute approximate surface area is 91.1 Å². The van der Waals surface area contributed by atoms with Gasteiger partial charge in [0.15, 0.2) is 0 Å². The van der Waals surface area contributed by atoms with Crippen LogP contribution in [0.1, 0.15) is 12.8 Å². The average Bonchev–Trinajstić information content (AvgIpc) is 2.51. The number of amides is 1. The molecule has 1 saturated heterocycles. The first-order chi connectivity index (χ1) is 6.27. The Balaban J connectivity index is 2.29. The zero-order valence-corrected chi connectivity index (χ0v) is 9.32. The van der Waals surface area contributed by atoms with Crippen LogP contribution in [0.2, 0.25) is 0 Å². The number of hydrogen-bond donors (Lipinski definition) is 0. The van der Waals surface area contributed by atoms with Crippen molar-refractivity contribution in [2.24, 2.45) is 0 Å². The molecule has 1 heterocycles. The van der Waals surface area contributed by atoms with Crippen molar-refractivity contribution in [3.8, 4) is 0 Å². The molecule has 1 aromatic carbocycles. The predicted octanol–water partition coefficient (Wildman–Crippen LogP) is 2.42. The first-order valence-electron chi connectivity index (χ1n) is 4.33. The Hall–Kier alpha value is -0.580. The van der Waals surface area contributed by atoms with E-state index < -0.39 is 0 Å². The Morgan fingerprint density at radius 2 is 2.23 bits per heavy atom. The molecule has 0 unspecified atom stereocenters. The minimum atomic E-state index is 0.252. The number of halogens is 1. The molecule has 1 fully saturated rings. The molecular weight excluding hydrogens is 277 g/mol. The molecule has 1 amide bonds. The molecule has 68 valence electrons. The van der Waals surface area contributed by atoms with Gasteiger partial charge in [-0.25, -0.2) is 0 Å². The summed E-state index contributed by atoms with van der Waals surface area (Å²) >= 11 is 2.26. The van der Waals surface area contributed by atoms with E-state index in [2.05, 4.69) is 22.6 Å². The second-order valence-corrected chi connectivity index (χ2v) is 4.37. The quantitative estimate of drug-likeness (QED) is 0.726. The summed E-state index contributed by atoms with van der Waals surface area (Å²) in [6, 6.07) is 8.06. The molecule has 0 spiro atoms. The zero-order valence-electron chi connectivity index (χ0n) is 7.16. The molecular formula is C10H10INO. The van der Waals surface area contributed by atoms with Gasteiger partial charge >= 0.3 is 0 Å². The fourth-order valence-corrected chi connectivity index (χ4v) is 2.09. The van der Waals surface area contributed by atoms with Crippen LogP contribution < -0.4 is 4.90 Å². The summed E-state index contributed by atoms with van der Waals surface area (Å²) in [5, 5.41) is 0. The molecule has 1 aromatic rings. The van der Waals surface area contributed by atoms with E-state index in [4.69, 9.17) is 0 Å². The maximum atomic E-state index is 11.4. The summed E-state index contributed by atoms with van der Waals surface area (Å²) in [6.07, 6.45) is 1.69. The highest BCUT2D eigenvalue weighted by molar-refractivity contribution is 14.1. The molecule has 3 heteroatoms. The van der Waals surface area contributed by atoms with Crippen molar-refractivity contribution in [2.75, 3.05) is 11.4 Å². The molecule has 2 nitrogen and oxygen atoms in total. The van der Waals surface area contributed by atoms with Crippen LogP contribution in [-0.2, 0) is 4.79 Å². The van der Waals surface area contributed by atoms with E-state index in [9.17, 15) is 4.79 Å². The largest absolute Gasteiger partial charge is 0.312 e. The predicted molar refractivity (Wildman–Crippen MR) is 60.7 cm³/mol. The van der Waals surface area contributed by atoms with E-state index in [-0.39, 0.29) is 5.91 Å². The van der Waals surface area contributed by atoms with E-state index in [0.717, 1.165) is 18.7 Å². The van der Waals surface area contributed by atoms with Gasteiger partial charge in [-0.3, -0.25) is 4.79 Å². The summed E-state index contributed by atoms with van der Waals surface area (Å²) in [6.45, 7) is 0.874. The lowest BCUT2D eigenvalue weighted by Crippen LogP contribution is -2.23. The highest BCUT2D eigenvalue weighted by Gasteiger charge is 2.21. The fourth-order valence-electron chi connectivity index (χ4n) is 1.57. The van der Waals surface area contributed by atoms with Crippen LogP contribution in [0.25, 0.3) is 0 Å². The Kier molecular flexibility index (Phi) is 2.53. The number of hydrogen-bond acceptors (Lipinski definition) is 1. The van der Waals surface area contributed by atoms with Crippen molar-refractivity contribution >= 4 is 34.2 Å². The molecule has 0 bridgehead atoms. The number of carbonyl (C=O) groups is 1. The summed E-state index contributed by atoms with van der Waals surface area (Å²) in [5.74, 6) is 0.252. The van der Waals surface area contributed by atoms with Crippen LogP contribution in [-0.4, -0.2) is 12.5 Å². The maximum Gasteiger partial charge on any atom is 0.227 e. The molecule has 0 aliphatic carbocycles. The summed E-state index contributed by atoms with van der Waals surface area (Å²) in [4.78, 5) is 13.3. The summed E-state index contributed by atoms with van der Waals surface area (Å²) < 4.78 is 1.18. The van der Waals surface area contributed by atoms with Gasteiger partial charge in [0.05, 0.1) is 0 Å². The number of nitrogens with zero attached hydrogens (tertiary/aromatic N) is 1. The highest BCUT2D eigenvalue weighted by Crippen LogP contribution is 2.22. The zero-order chi connectivity index (χ0) is 9.26. The lowest BCUT2D eigenvalue weighted by molar-refractivity contribution is -0.117. The highest BCUT2D eigenvalue weighted by atomic mass is 127. The Bertz CT molecular complexity index is 337. The van der Waals surface area contributed by atoms with Gasteiger partial charge in [-0.1, -0.05) is 6.07 Å². The summed E-state index contributed by atoms with van der Waals surface area (Å²) in [5.41, 5.74) is 1.04. The van der Waals surface area contributed by atoms with Gasteiger partial charge in [0.2, 0.25) is 5.91 Å². The molecule has 0 saturated carbocycles. The number of carbonyl (C=O) groups excluding carboxylic acids is 1. The molecule has 13 heavy (non-hydrogen) atoms. The van der Waals surface area contributed by atoms with Gasteiger partial charge in [0, 0.05) is 22.2 Å². The Morgan fingerprint density at radius 1 is 1.38 bits per heavy atom. The second kappa shape index (κ2) is 3.65. The molecule has 0 atom stereocenters. The number of anilines is 1. The van der Waals surface area contributed by atoms with Gasteiger partial charge in [-0.2, -0.15) is 0 Å². The van der Waals surface area contributed by atoms with Crippen molar-refractivity contribution in [1.29, 1.82) is 0 Å². The lowest BCUT2D eigenvalue weighted by atomic mass is 10.3. The third-order valence-corrected chi connectivity index (χ3v) is 2.86. The van der Waals surface area contributed by atoms with Gasteiger partial charge in [0.25, 0.3) is 0 Å². The van der Waals surface area contributed by atoms with Crippen molar-refractivity contribution in [3.63, 3.8) is 0 Å². The normalized spacial score (nSPS) is 16.7. The van der Waals surface area contributed by atoms with Crippen LogP contribution in [0.3, 0.4) is 0 Å². The van der Waals surface area contributed by atoms with E-state index in [0.29, 0.717) is 6.42 Å². The van der Waals surface area contributed by atoms with Gasteiger partial charge < -0.3 is 4.90 Å². The van der Waals surface area contributed by atoms with Gasteiger partial charge in [0.1, 0.15) is 0 Å². The average molecular weight is 287 g/mol.